The smallest absolute Gasteiger partial charge is 0.0984 e. The molecule has 3 heteroatoms. The normalized spacial score (nSPS) is 37.8. The molecule has 3 heterocycles. The molecule has 3 rings (SSSR count). The molecule has 0 aromatic carbocycles. The molecule has 0 amide bonds. The van der Waals surface area contributed by atoms with E-state index in [-0.39, 0.29) is 0 Å². The Labute approximate surface area is 90.3 Å². The molecule has 3 atom stereocenters. The Kier molecular flexibility index (Phi) is 2.29. The Morgan fingerprint density at radius 3 is 2.67 bits per heavy atom. The Morgan fingerprint density at radius 2 is 2.07 bits per heavy atom. The van der Waals surface area contributed by atoms with E-state index in [2.05, 4.69) is 30.2 Å². The number of rotatable bonds is 4. The first-order chi connectivity index (χ1) is 7.31. The maximum atomic E-state index is 5.24. The van der Waals surface area contributed by atoms with Crippen LogP contribution in [0.2, 0.25) is 0 Å². The van der Waals surface area contributed by atoms with Gasteiger partial charge in [-0.3, -0.25) is 0 Å². The molecule has 0 aromatic rings. The van der Waals surface area contributed by atoms with Crippen LogP contribution in [0.4, 0.5) is 0 Å². The van der Waals surface area contributed by atoms with Gasteiger partial charge in [-0.2, -0.15) is 0 Å². The highest BCUT2D eigenvalue weighted by atomic mass is 16.6. The van der Waals surface area contributed by atoms with Crippen molar-refractivity contribution in [3.63, 3.8) is 0 Å². The SMILES string of the molecule is CC1C=C(CC2CO2)C=CN1CC1CO1. The van der Waals surface area contributed by atoms with Gasteiger partial charge in [0.2, 0.25) is 0 Å². The van der Waals surface area contributed by atoms with Crippen molar-refractivity contribution < 1.29 is 9.47 Å². The van der Waals surface area contributed by atoms with Crippen LogP contribution < -0.4 is 0 Å². The third-order valence-corrected chi connectivity index (χ3v) is 3.14. The largest absolute Gasteiger partial charge is 0.373 e. The summed E-state index contributed by atoms with van der Waals surface area (Å²) in [5, 5.41) is 0. The van der Waals surface area contributed by atoms with E-state index in [0.29, 0.717) is 18.2 Å². The quantitative estimate of drug-likeness (QED) is 0.651. The molecule has 3 aliphatic heterocycles. The summed E-state index contributed by atoms with van der Waals surface area (Å²) < 4.78 is 10.5. The van der Waals surface area contributed by atoms with Gasteiger partial charge in [0, 0.05) is 19.0 Å². The third kappa shape index (κ3) is 2.41. The zero-order valence-electron chi connectivity index (χ0n) is 9.06. The molecule has 15 heavy (non-hydrogen) atoms. The third-order valence-electron chi connectivity index (χ3n) is 3.14. The molecule has 2 fully saturated rings. The highest BCUT2D eigenvalue weighted by molar-refractivity contribution is 5.26. The molecule has 0 bridgehead atoms. The fourth-order valence-corrected chi connectivity index (χ4v) is 2.01. The summed E-state index contributed by atoms with van der Waals surface area (Å²) in [5.41, 5.74) is 1.41. The van der Waals surface area contributed by atoms with Crippen molar-refractivity contribution in [2.75, 3.05) is 19.8 Å². The van der Waals surface area contributed by atoms with Crippen molar-refractivity contribution >= 4 is 0 Å². The van der Waals surface area contributed by atoms with Gasteiger partial charge in [0.15, 0.2) is 0 Å². The average molecular weight is 207 g/mol. The van der Waals surface area contributed by atoms with Crippen molar-refractivity contribution in [3.8, 4) is 0 Å². The van der Waals surface area contributed by atoms with Gasteiger partial charge < -0.3 is 14.4 Å². The Hall–Kier alpha value is -0.800. The number of allylic oxidation sites excluding steroid dienone is 1. The van der Waals surface area contributed by atoms with Crippen molar-refractivity contribution in [1.29, 1.82) is 0 Å². The van der Waals surface area contributed by atoms with Gasteiger partial charge in [-0.05, 0) is 24.8 Å². The van der Waals surface area contributed by atoms with Crippen LogP contribution in [0, 0.1) is 0 Å². The zero-order valence-corrected chi connectivity index (χ0v) is 9.06. The minimum Gasteiger partial charge on any atom is -0.373 e. The van der Waals surface area contributed by atoms with Gasteiger partial charge in [-0.1, -0.05) is 6.08 Å². The Morgan fingerprint density at radius 1 is 1.33 bits per heavy atom. The van der Waals surface area contributed by atoms with Crippen LogP contribution in [0.3, 0.4) is 0 Å². The zero-order chi connectivity index (χ0) is 10.3. The van der Waals surface area contributed by atoms with Crippen molar-refractivity contribution in [3.05, 3.63) is 23.9 Å². The van der Waals surface area contributed by atoms with Crippen LogP contribution in [-0.2, 0) is 9.47 Å². The maximum Gasteiger partial charge on any atom is 0.0984 e. The molecular weight excluding hydrogens is 190 g/mol. The van der Waals surface area contributed by atoms with Crippen LogP contribution in [0.25, 0.3) is 0 Å². The van der Waals surface area contributed by atoms with E-state index in [1.807, 2.05) is 0 Å². The molecule has 0 radical (unpaired) electrons. The highest BCUT2D eigenvalue weighted by Gasteiger charge is 2.28. The van der Waals surface area contributed by atoms with Crippen LogP contribution in [0.5, 0.6) is 0 Å². The summed E-state index contributed by atoms with van der Waals surface area (Å²) in [7, 11) is 0. The van der Waals surface area contributed by atoms with E-state index in [1.54, 1.807) is 0 Å². The van der Waals surface area contributed by atoms with Crippen molar-refractivity contribution in [1.82, 2.24) is 4.90 Å². The highest BCUT2D eigenvalue weighted by Crippen LogP contribution is 2.24. The predicted molar refractivity (Wildman–Crippen MR) is 57.5 cm³/mol. The molecule has 3 nitrogen and oxygen atoms in total. The fourth-order valence-electron chi connectivity index (χ4n) is 2.01. The molecule has 0 aromatic heterocycles. The van der Waals surface area contributed by atoms with E-state index in [4.69, 9.17) is 9.47 Å². The Balaban J connectivity index is 1.57. The number of nitrogens with zero attached hydrogens (tertiary/aromatic N) is 1. The first-order valence-corrected chi connectivity index (χ1v) is 5.69. The second kappa shape index (κ2) is 3.65. The fraction of sp³-hybridized carbons (Fsp3) is 0.667. The predicted octanol–water partition coefficient (Wildman–Crippen LogP) is 1.32. The average Bonchev–Trinajstić information content (AvgIpc) is 3.04. The van der Waals surface area contributed by atoms with Crippen LogP contribution >= 0.6 is 0 Å². The van der Waals surface area contributed by atoms with E-state index in [1.165, 1.54) is 5.57 Å². The number of hydrogen-bond donors (Lipinski definition) is 0. The van der Waals surface area contributed by atoms with E-state index in [9.17, 15) is 0 Å². The summed E-state index contributed by atoms with van der Waals surface area (Å²) in [6.45, 7) is 5.14. The van der Waals surface area contributed by atoms with Gasteiger partial charge in [-0.25, -0.2) is 0 Å². The van der Waals surface area contributed by atoms with Crippen molar-refractivity contribution in [2.24, 2.45) is 0 Å². The number of epoxide rings is 2. The lowest BCUT2D eigenvalue weighted by Crippen LogP contribution is -2.32. The van der Waals surface area contributed by atoms with Gasteiger partial charge in [0.25, 0.3) is 0 Å². The molecule has 0 spiro atoms. The monoisotopic (exact) mass is 207 g/mol. The molecule has 3 aliphatic rings. The molecule has 2 saturated heterocycles. The first-order valence-electron chi connectivity index (χ1n) is 5.69. The second-order valence-electron chi connectivity index (χ2n) is 4.61. The van der Waals surface area contributed by atoms with Crippen LogP contribution in [0.1, 0.15) is 13.3 Å². The second-order valence-corrected chi connectivity index (χ2v) is 4.61. The van der Waals surface area contributed by atoms with Gasteiger partial charge in [0.1, 0.15) is 0 Å². The molecule has 3 unspecified atom stereocenters. The first kappa shape index (κ1) is 9.43. The lowest BCUT2D eigenvalue weighted by atomic mass is 10.0. The van der Waals surface area contributed by atoms with Gasteiger partial charge in [0.05, 0.1) is 25.4 Å². The topological polar surface area (TPSA) is 28.3 Å². The standard InChI is InChI=1S/C12H17NO2/c1-9-4-10(5-11-7-14-11)2-3-13(9)6-12-8-15-12/h2-4,9,11-12H,5-8H2,1H3. The molecule has 0 saturated carbocycles. The maximum absolute atomic E-state index is 5.24. The molecular formula is C12H17NO2. The van der Waals surface area contributed by atoms with Crippen molar-refractivity contribution in [2.45, 2.75) is 31.6 Å². The van der Waals surface area contributed by atoms with E-state index >= 15 is 0 Å². The van der Waals surface area contributed by atoms with Gasteiger partial charge >= 0.3 is 0 Å². The summed E-state index contributed by atoms with van der Waals surface area (Å²) in [5.74, 6) is 0. The minimum absolute atomic E-state index is 0.471. The number of ether oxygens (including phenoxy) is 2. The van der Waals surface area contributed by atoms with Crippen LogP contribution in [-0.4, -0.2) is 42.9 Å². The van der Waals surface area contributed by atoms with E-state index < -0.39 is 0 Å². The lowest BCUT2D eigenvalue weighted by molar-refractivity contribution is 0.282. The summed E-state index contributed by atoms with van der Waals surface area (Å²) in [4.78, 5) is 2.34. The summed E-state index contributed by atoms with van der Waals surface area (Å²) in [6, 6.07) is 0.493. The summed E-state index contributed by atoms with van der Waals surface area (Å²) in [6.07, 6.45) is 8.79. The Bertz CT molecular complexity index is 303. The lowest BCUT2D eigenvalue weighted by Gasteiger charge is -2.28. The van der Waals surface area contributed by atoms with Crippen LogP contribution in [0.15, 0.2) is 23.9 Å². The summed E-state index contributed by atoms with van der Waals surface area (Å²) >= 11 is 0. The van der Waals surface area contributed by atoms with E-state index in [0.717, 1.165) is 26.2 Å². The van der Waals surface area contributed by atoms with Gasteiger partial charge in [-0.15, -0.1) is 0 Å². The molecule has 0 N–H and O–H groups in total. The molecule has 82 valence electrons. The minimum atomic E-state index is 0.471. The molecule has 0 aliphatic carbocycles. The number of hydrogen-bond acceptors (Lipinski definition) is 3.